The number of aromatic nitrogens is 2. The van der Waals surface area contributed by atoms with E-state index in [1.54, 1.807) is 18.2 Å². The fourth-order valence-corrected chi connectivity index (χ4v) is 2.33. The summed E-state index contributed by atoms with van der Waals surface area (Å²) in [5, 5.41) is 0. The molecule has 0 aliphatic carbocycles. The van der Waals surface area contributed by atoms with Crippen LogP contribution in [-0.2, 0) is 0 Å². The van der Waals surface area contributed by atoms with Crippen molar-refractivity contribution in [3.63, 3.8) is 0 Å². The molecule has 0 saturated carbocycles. The van der Waals surface area contributed by atoms with Gasteiger partial charge in [-0.15, -0.1) is 0 Å². The van der Waals surface area contributed by atoms with E-state index in [-0.39, 0.29) is 11.5 Å². The van der Waals surface area contributed by atoms with Crippen LogP contribution < -0.4 is 5.69 Å². The molecule has 0 amide bonds. The van der Waals surface area contributed by atoms with Gasteiger partial charge in [0.05, 0.1) is 11.0 Å². The summed E-state index contributed by atoms with van der Waals surface area (Å²) in [6.45, 7) is 3.93. The zero-order valence-corrected chi connectivity index (χ0v) is 11.3. The highest BCUT2D eigenvalue weighted by molar-refractivity contribution is 6.11. The molecule has 3 aromatic rings. The van der Waals surface area contributed by atoms with Gasteiger partial charge >= 0.3 is 5.69 Å². The van der Waals surface area contributed by atoms with E-state index in [0.29, 0.717) is 22.2 Å². The first-order valence-electron chi connectivity index (χ1n) is 6.39. The molecule has 4 heteroatoms. The molecule has 3 rings (SSSR count). The maximum atomic E-state index is 12.6. The second-order valence-electron chi connectivity index (χ2n) is 4.92. The van der Waals surface area contributed by atoms with Crippen LogP contribution in [-0.4, -0.2) is 15.8 Å². The number of aryl methyl sites for hydroxylation is 1. The lowest BCUT2D eigenvalue weighted by atomic mass is 9.96. The number of fused-ring (bicyclic) bond motifs is 1. The molecule has 0 spiro atoms. The zero-order valence-electron chi connectivity index (χ0n) is 11.3. The molecule has 1 heterocycles. The van der Waals surface area contributed by atoms with Crippen LogP contribution in [0, 0.1) is 13.8 Å². The molecule has 100 valence electrons. The minimum Gasteiger partial charge on any atom is -0.306 e. The third kappa shape index (κ3) is 1.95. The predicted octanol–water partition coefficient (Wildman–Crippen LogP) is 2.70. The number of carbonyl (C=O) groups excluding carboxylic acids is 1. The van der Waals surface area contributed by atoms with E-state index in [1.807, 2.05) is 32.0 Å². The van der Waals surface area contributed by atoms with Crippen molar-refractivity contribution in [3.05, 3.63) is 69.1 Å². The second kappa shape index (κ2) is 4.49. The third-order valence-corrected chi connectivity index (χ3v) is 3.63. The van der Waals surface area contributed by atoms with E-state index in [0.717, 1.165) is 11.1 Å². The van der Waals surface area contributed by atoms with Crippen LogP contribution in [0.25, 0.3) is 11.0 Å². The highest BCUT2D eigenvalue weighted by Gasteiger charge is 2.13. The van der Waals surface area contributed by atoms with Crippen LogP contribution in [0.15, 0.2) is 41.2 Å². The van der Waals surface area contributed by atoms with Crippen LogP contribution in [0.1, 0.15) is 27.0 Å². The standard InChI is InChI=1S/C16H14N2O2/c1-9-4-3-5-12(10(9)2)15(19)11-6-7-13-14(8-11)18-16(20)17-13/h3-8H,1-2H3,(H2,17,18,20). The molecule has 0 saturated heterocycles. The summed E-state index contributed by atoms with van der Waals surface area (Å²) in [5.74, 6) is -0.0323. The molecule has 0 fully saturated rings. The SMILES string of the molecule is Cc1cccc(C(=O)c2ccc3[nH]c(=O)[nH]c3c2)c1C. The van der Waals surface area contributed by atoms with Crippen molar-refractivity contribution in [2.75, 3.05) is 0 Å². The monoisotopic (exact) mass is 266 g/mol. The van der Waals surface area contributed by atoms with E-state index < -0.39 is 0 Å². The van der Waals surface area contributed by atoms with Crippen LogP contribution in [0.4, 0.5) is 0 Å². The summed E-state index contributed by atoms with van der Waals surface area (Å²) < 4.78 is 0. The Kier molecular flexibility index (Phi) is 2.79. The average molecular weight is 266 g/mol. The molecular weight excluding hydrogens is 252 g/mol. The van der Waals surface area contributed by atoms with E-state index >= 15 is 0 Å². The van der Waals surface area contributed by atoms with Crippen molar-refractivity contribution in [3.8, 4) is 0 Å². The van der Waals surface area contributed by atoms with Crippen molar-refractivity contribution in [2.45, 2.75) is 13.8 Å². The summed E-state index contributed by atoms with van der Waals surface area (Å²) in [6.07, 6.45) is 0. The molecule has 2 aromatic carbocycles. The Morgan fingerprint density at radius 2 is 1.75 bits per heavy atom. The van der Waals surface area contributed by atoms with Gasteiger partial charge < -0.3 is 9.97 Å². The van der Waals surface area contributed by atoms with Gasteiger partial charge in [-0.2, -0.15) is 0 Å². The number of aromatic amines is 2. The largest absolute Gasteiger partial charge is 0.323 e. The number of ketones is 1. The Balaban J connectivity index is 2.12. The number of benzene rings is 2. The Morgan fingerprint density at radius 3 is 2.55 bits per heavy atom. The molecule has 0 unspecified atom stereocenters. The number of H-pyrrole nitrogens is 2. The van der Waals surface area contributed by atoms with Crippen LogP contribution in [0.5, 0.6) is 0 Å². The minimum atomic E-state index is -0.267. The van der Waals surface area contributed by atoms with Gasteiger partial charge in [0.1, 0.15) is 0 Å². The van der Waals surface area contributed by atoms with E-state index in [9.17, 15) is 9.59 Å². The summed E-state index contributed by atoms with van der Waals surface area (Å²) in [4.78, 5) is 29.1. The van der Waals surface area contributed by atoms with Gasteiger partial charge in [-0.25, -0.2) is 4.79 Å². The first-order chi connectivity index (χ1) is 9.56. The number of carbonyl (C=O) groups is 1. The van der Waals surface area contributed by atoms with Crippen LogP contribution >= 0.6 is 0 Å². The lowest BCUT2D eigenvalue weighted by molar-refractivity contribution is 0.103. The molecule has 0 atom stereocenters. The quantitative estimate of drug-likeness (QED) is 0.700. The average Bonchev–Trinajstić information content (AvgIpc) is 2.80. The molecule has 1 aromatic heterocycles. The van der Waals surface area contributed by atoms with Crippen LogP contribution in [0.3, 0.4) is 0 Å². The number of hydrogen-bond donors (Lipinski definition) is 2. The van der Waals surface area contributed by atoms with Gasteiger partial charge in [-0.05, 0) is 43.2 Å². The smallest absolute Gasteiger partial charge is 0.306 e. The van der Waals surface area contributed by atoms with Gasteiger partial charge in [-0.1, -0.05) is 18.2 Å². The zero-order chi connectivity index (χ0) is 14.3. The number of hydrogen-bond acceptors (Lipinski definition) is 2. The molecule has 0 radical (unpaired) electrons. The predicted molar refractivity (Wildman–Crippen MR) is 78.3 cm³/mol. The van der Waals surface area contributed by atoms with Gasteiger partial charge in [0.2, 0.25) is 0 Å². The molecule has 0 aliphatic heterocycles. The van der Waals surface area contributed by atoms with Gasteiger partial charge in [0.25, 0.3) is 0 Å². The van der Waals surface area contributed by atoms with Crippen LogP contribution in [0.2, 0.25) is 0 Å². The Bertz CT molecular complexity index is 872. The van der Waals surface area contributed by atoms with E-state index in [2.05, 4.69) is 9.97 Å². The maximum absolute atomic E-state index is 12.6. The van der Waals surface area contributed by atoms with Crippen molar-refractivity contribution >= 4 is 16.8 Å². The number of nitrogens with one attached hydrogen (secondary N) is 2. The number of imidazole rings is 1. The van der Waals surface area contributed by atoms with E-state index in [1.165, 1.54) is 0 Å². The van der Waals surface area contributed by atoms with Crippen molar-refractivity contribution in [1.82, 2.24) is 9.97 Å². The topological polar surface area (TPSA) is 65.7 Å². The highest BCUT2D eigenvalue weighted by Crippen LogP contribution is 2.19. The van der Waals surface area contributed by atoms with Crippen molar-refractivity contribution in [1.29, 1.82) is 0 Å². The summed E-state index contributed by atoms with van der Waals surface area (Å²) in [6, 6.07) is 10.9. The molecule has 0 aliphatic rings. The summed E-state index contributed by atoms with van der Waals surface area (Å²) in [5.41, 5.74) is 4.42. The highest BCUT2D eigenvalue weighted by atomic mass is 16.1. The van der Waals surface area contributed by atoms with Gasteiger partial charge in [0.15, 0.2) is 5.78 Å². The van der Waals surface area contributed by atoms with Gasteiger partial charge in [-0.3, -0.25) is 4.79 Å². The lowest BCUT2D eigenvalue weighted by Crippen LogP contribution is -2.04. The molecule has 2 N–H and O–H groups in total. The minimum absolute atomic E-state index is 0.0323. The molecule has 4 nitrogen and oxygen atoms in total. The van der Waals surface area contributed by atoms with Gasteiger partial charge in [0, 0.05) is 11.1 Å². The van der Waals surface area contributed by atoms with E-state index in [4.69, 9.17) is 0 Å². The molecule has 0 bridgehead atoms. The molecular formula is C16H14N2O2. The Morgan fingerprint density at radius 1 is 1.00 bits per heavy atom. The molecule has 20 heavy (non-hydrogen) atoms. The summed E-state index contributed by atoms with van der Waals surface area (Å²) in [7, 11) is 0. The fraction of sp³-hybridized carbons (Fsp3) is 0.125. The second-order valence-corrected chi connectivity index (χ2v) is 4.92. The Labute approximate surface area is 115 Å². The van der Waals surface area contributed by atoms with Crippen molar-refractivity contribution < 1.29 is 4.79 Å². The maximum Gasteiger partial charge on any atom is 0.323 e. The van der Waals surface area contributed by atoms with Crippen molar-refractivity contribution in [2.24, 2.45) is 0 Å². The third-order valence-electron chi connectivity index (χ3n) is 3.63. The number of rotatable bonds is 2. The normalized spacial score (nSPS) is 10.9. The first-order valence-corrected chi connectivity index (χ1v) is 6.39. The first kappa shape index (κ1) is 12.4. The fourth-order valence-electron chi connectivity index (χ4n) is 2.33. The summed E-state index contributed by atoms with van der Waals surface area (Å²) >= 11 is 0. The lowest BCUT2D eigenvalue weighted by Gasteiger charge is -2.07. The Hall–Kier alpha value is -2.62.